The van der Waals surface area contributed by atoms with Gasteiger partial charge in [0.2, 0.25) is 0 Å². The summed E-state index contributed by atoms with van der Waals surface area (Å²) in [6.07, 6.45) is 0.917. The molecule has 0 atom stereocenters. The summed E-state index contributed by atoms with van der Waals surface area (Å²) in [5, 5.41) is 0. The summed E-state index contributed by atoms with van der Waals surface area (Å²) in [6, 6.07) is 16.1. The lowest BCUT2D eigenvalue weighted by Gasteiger charge is -2.09. The largest absolute Gasteiger partial charge is 0.316 e. The maximum absolute atomic E-state index is 12.7. The highest BCUT2D eigenvalue weighted by atomic mass is 127. The van der Waals surface area contributed by atoms with Gasteiger partial charge >= 0.3 is 0 Å². The quantitative estimate of drug-likeness (QED) is 0.461. The van der Waals surface area contributed by atoms with Gasteiger partial charge in [-0.15, -0.1) is 11.3 Å². The number of amides is 1. The van der Waals surface area contributed by atoms with Crippen LogP contribution in [-0.2, 0) is 13.0 Å². The van der Waals surface area contributed by atoms with E-state index in [4.69, 9.17) is 0 Å². The van der Waals surface area contributed by atoms with E-state index in [1.807, 2.05) is 24.3 Å². The summed E-state index contributed by atoms with van der Waals surface area (Å²) >= 11 is 3.80. The average molecular weight is 476 g/mol. The fourth-order valence-corrected chi connectivity index (χ4v) is 4.65. The third-order valence-corrected chi connectivity index (χ3v) is 6.41. The third-order valence-electron chi connectivity index (χ3n) is 4.24. The Labute approximate surface area is 171 Å². The van der Waals surface area contributed by atoms with Crippen molar-refractivity contribution in [3.05, 3.63) is 72.9 Å². The van der Waals surface area contributed by atoms with Crippen LogP contribution in [0.5, 0.6) is 0 Å². The molecule has 1 heterocycles. The van der Waals surface area contributed by atoms with Crippen LogP contribution in [0.15, 0.2) is 53.5 Å². The van der Waals surface area contributed by atoms with E-state index in [0.29, 0.717) is 5.56 Å². The zero-order chi connectivity index (χ0) is 18.7. The summed E-state index contributed by atoms with van der Waals surface area (Å²) in [5.74, 6) is -0.184. The van der Waals surface area contributed by atoms with Crippen LogP contribution in [0, 0.1) is 10.5 Å². The first kappa shape index (κ1) is 19.0. The third kappa shape index (κ3) is 3.83. The summed E-state index contributed by atoms with van der Waals surface area (Å²) in [5.41, 5.74) is 4.24. The van der Waals surface area contributed by atoms with Crippen LogP contribution < -0.4 is 4.80 Å². The summed E-state index contributed by atoms with van der Waals surface area (Å²) in [4.78, 5) is 19.2. The van der Waals surface area contributed by atoms with Crippen LogP contribution in [-0.4, -0.2) is 10.5 Å². The van der Waals surface area contributed by atoms with Gasteiger partial charge < -0.3 is 4.57 Å². The number of nitrogens with zero attached hydrogens (tertiary/aromatic N) is 2. The summed E-state index contributed by atoms with van der Waals surface area (Å²) < 4.78 is 3.08. The van der Waals surface area contributed by atoms with Crippen molar-refractivity contribution in [1.29, 1.82) is 0 Å². The van der Waals surface area contributed by atoms with Crippen LogP contribution >= 0.6 is 33.9 Å². The highest BCUT2D eigenvalue weighted by Crippen LogP contribution is 2.27. The van der Waals surface area contributed by atoms with E-state index >= 15 is 0 Å². The SMILES string of the molecule is CCc1sc(=NC(=O)c2ccccc2I)n(CC)c1-c1ccc(C)cc1. The molecule has 134 valence electrons. The van der Waals surface area contributed by atoms with Crippen molar-refractivity contribution in [3.63, 3.8) is 0 Å². The van der Waals surface area contributed by atoms with Gasteiger partial charge in [-0.1, -0.05) is 48.9 Å². The topological polar surface area (TPSA) is 34.4 Å². The van der Waals surface area contributed by atoms with Gasteiger partial charge in [0.15, 0.2) is 4.80 Å². The number of aromatic nitrogens is 1. The van der Waals surface area contributed by atoms with Gasteiger partial charge in [0.25, 0.3) is 5.91 Å². The molecule has 0 bridgehead atoms. The Morgan fingerprint density at radius 2 is 1.81 bits per heavy atom. The van der Waals surface area contributed by atoms with Crippen molar-refractivity contribution in [3.8, 4) is 11.3 Å². The molecule has 2 aromatic carbocycles. The molecule has 0 unspecified atom stereocenters. The van der Waals surface area contributed by atoms with Gasteiger partial charge in [0.05, 0.1) is 11.3 Å². The molecule has 0 fully saturated rings. The molecular formula is C21H21IN2OS. The van der Waals surface area contributed by atoms with Crippen LogP contribution in [0.4, 0.5) is 0 Å². The molecule has 3 rings (SSSR count). The minimum absolute atomic E-state index is 0.184. The van der Waals surface area contributed by atoms with Gasteiger partial charge in [-0.3, -0.25) is 4.79 Å². The predicted molar refractivity (Wildman–Crippen MR) is 117 cm³/mol. The number of hydrogen-bond donors (Lipinski definition) is 0. The summed E-state index contributed by atoms with van der Waals surface area (Å²) in [6.45, 7) is 7.11. The number of rotatable bonds is 4. The van der Waals surface area contributed by atoms with Crippen molar-refractivity contribution in [2.24, 2.45) is 4.99 Å². The Hall–Kier alpha value is -1.73. The Balaban J connectivity index is 2.15. The van der Waals surface area contributed by atoms with E-state index in [0.717, 1.165) is 21.3 Å². The lowest BCUT2D eigenvalue weighted by molar-refractivity contribution is 0.0997. The smallest absolute Gasteiger partial charge is 0.280 e. The van der Waals surface area contributed by atoms with Crippen LogP contribution in [0.3, 0.4) is 0 Å². The molecule has 0 aliphatic heterocycles. The minimum Gasteiger partial charge on any atom is -0.316 e. The van der Waals surface area contributed by atoms with Crippen molar-refractivity contribution < 1.29 is 4.79 Å². The van der Waals surface area contributed by atoms with Gasteiger partial charge in [0.1, 0.15) is 0 Å². The average Bonchev–Trinajstić information content (AvgIpc) is 3.00. The van der Waals surface area contributed by atoms with Gasteiger partial charge in [-0.25, -0.2) is 0 Å². The van der Waals surface area contributed by atoms with E-state index in [1.54, 1.807) is 11.3 Å². The second-order valence-corrected chi connectivity index (χ2v) is 8.24. The monoisotopic (exact) mass is 476 g/mol. The number of halogens is 1. The zero-order valence-corrected chi connectivity index (χ0v) is 18.1. The highest BCUT2D eigenvalue weighted by Gasteiger charge is 2.15. The lowest BCUT2D eigenvalue weighted by Crippen LogP contribution is -2.17. The molecule has 3 nitrogen and oxygen atoms in total. The number of aryl methyl sites for hydroxylation is 2. The lowest BCUT2D eigenvalue weighted by atomic mass is 10.1. The molecule has 1 amide bonds. The van der Waals surface area contributed by atoms with Gasteiger partial charge in [-0.05, 0) is 60.6 Å². The molecule has 0 spiro atoms. The predicted octanol–water partition coefficient (Wildman–Crippen LogP) is 5.45. The Morgan fingerprint density at radius 3 is 2.42 bits per heavy atom. The second kappa shape index (κ2) is 8.31. The molecule has 0 saturated heterocycles. The summed E-state index contributed by atoms with van der Waals surface area (Å²) in [7, 11) is 0. The highest BCUT2D eigenvalue weighted by molar-refractivity contribution is 14.1. The normalized spacial score (nSPS) is 11.8. The minimum atomic E-state index is -0.184. The number of carbonyl (C=O) groups is 1. The number of hydrogen-bond acceptors (Lipinski definition) is 2. The van der Waals surface area contributed by atoms with Crippen LogP contribution in [0.2, 0.25) is 0 Å². The maximum atomic E-state index is 12.7. The van der Waals surface area contributed by atoms with Gasteiger partial charge in [-0.2, -0.15) is 4.99 Å². The first-order valence-electron chi connectivity index (χ1n) is 8.68. The van der Waals surface area contributed by atoms with Crippen molar-refractivity contribution in [1.82, 2.24) is 4.57 Å². The second-order valence-electron chi connectivity index (χ2n) is 6.02. The van der Waals surface area contributed by atoms with E-state index in [-0.39, 0.29) is 5.91 Å². The zero-order valence-electron chi connectivity index (χ0n) is 15.1. The molecule has 26 heavy (non-hydrogen) atoms. The van der Waals surface area contributed by atoms with Crippen molar-refractivity contribution in [2.45, 2.75) is 33.7 Å². The number of carbonyl (C=O) groups excluding carboxylic acids is 1. The Bertz CT molecular complexity index is 1000. The molecular weight excluding hydrogens is 455 g/mol. The van der Waals surface area contributed by atoms with Crippen LogP contribution in [0.25, 0.3) is 11.3 Å². The molecule has 0 aliphatic rings. The van der Waals surface area contributed by atoms with Gasteiger partial charge in [0, 0.05) is 15.0 Å². The van der Waals surface area contributed by atoms with Crippen molar-refractivity contribution in [2.75, 3.05) is 0 Å². The fraction of sp³-hybridized carbons (Fsp3) is 0.238. The van der Waals surface area contributed by atoms with E-state index in [2.05, 4.69) is 77.2 Å². The first-order chi connectivity index (χ1) is 12.5. The molecule has 0 aliphatic carbocycles. The Kier molecular flexibility index (Phi) is 6.09. The standard InChI is InChI=1S/C21H21IN2OS/c1-4-18-19(15-12-10-14(3)11-13-15)24(5-2)21(26-18)23-20(25)16-8-6-7-9-17(16)22/h6-13H,4-5H2,1-3H3. The molecule has 3 aromatic rings. The fourth-order valence-electron chi connectivity index (χ4n) is 2.89. The maximum Gasteiger partial charge on any atom is 0.280 e. The first-order valence-corrected chi connectivity index (χ1v) is 10.6. The Morgan fingerprint density at radius 1 is 1.12 bits per heavy atom. The molecule has 0 radical (unpaired) electrons. The van der Waals surface area contributed by atoms with Crippen LogP contribution in [0.1, 0.15) is 34.6 Å². The number of thiazole rings is 1. The van der Waals surface area contributed by atoms with E-state index in [1.165, 1.54) is 21.7 Å². The molecule has 5 heteroatoms. The molecule has 0 N–H and O–H groups in total. The van der Waals surface area contributed by atoms with E-state index in [9.17, 15) is 4.79 Å². The van der Waals surface area contributed by atoms with E-state index < -0.39 is 0 Å². The molecule has 0 saturated carbocycles. The van der Waals surface area contributed by atoms with Crippen molar-refractivity contribution >= 4 is 39.8 Å². The number of benzene rings is 2. The molecule has 1 aromatic heterocycles.